The highest BCUT2D eigenvalue weighted by Crippen LogP contribution is 2.50. The van der Waals surface area contributed by atoms with Gasteiger partial charge in [0.2, 0.25) is 5.91 Å². The minimum Gasteiger partial charge on any atom is -0.462 e. The number of carbonyl (C=O) groups excluding carboxylic acids is 4. The fourth-order valence-electron chi connectivity index (χ4n) is 20.3. The lowest BCUT2D eigenvalue weighted by Gasteiger charge is -2.57. The van der Waals surface area contributed by atoms with E-state index in [1.807, 2.05) is 194 Å². The molecule has 10 saturated heterocycles. The number of rotatable bonds is 5. The van der Waals surface area contributed by atoms with E-state index in [2.05, 4.69) is 46.9 Å². The van der Waals surface area contributed by atoms with Crippen molar-refractivity contribution in [1.29, 1.82) is 0 Å². The van der Waals surface area contributed by atoms with Crippen molar-refractivity contribution in [2.45, 2.75) is 482 Å². The molecule has 0 aliphatic carbocycles. The molecule has 10 heterocycles. The Balaban J connectivity index is 0.000000283. The van der Waals surface area contributed by atoms with Crippen LogP contribution in [0.2, 0.25) is 0 Å². The number of ether oxygens (including phenoxy) is 6. The number of esters is 2. The van der Waals surface area contributed by atoms with Crippen LogP contribution in [-0.2, 0) is 47.6 Å². The van der Waals surface area contributed by atoms with Crippen LogP contribution in [0, 0.1) is 5.41 Å². The molecule has 0 aromatic rings. The smallest absolute Gasteiger partial charge is 0.317 e. The molecule has 112 heavy (non-hydrogen) atoms. The maximum atomic E-state index is 12.3. The normalized spacial score (nSPS) is 29.8. The number of piperidine rings is 8. The Bertz CT molecular complexity index is 2920. The first-order valence-electron chi connectivity index (χ1n) is 41.1. The van der Waals surface area contributed by atoms with Crippen molar-refractivity contribution in [2.75, 3.05) is 26.4 Å². The molecule has 0 aromatic carbocycles. The predicted octanol–water partition coefficient (Wildman–Crippen LogP) is 14.8. The highest BCUT2D eigenvalue weighted by Gasteiger charge is 2.58. The van der Waals surface area contributed by atoms with Gasteiger partial charge in [-0.1, -0.05) is 13.8 Å². The number of hydroxylamine groups is 16. The van der Waals surface area contributed by atoms with E-state index >= 15 is 0 Å². The number of Topliss-reactive ketones (excluding diaryl/α,β-unsaturated/α-hetero) is 1. The van der Waals surface area contributed by atoms with E-state index in [1.54, 1.807) is 0 Å². The van der Waals surface area contributed by atoms with Crippen molar-refractivity contribution in [3.05, 3.63) is 0 Å². The number of ketones is 1. The first kappa shape index (κ1) is 102. The van der Waals surface area contributed by atoms with Crippen LogP contribution < -0.4 is 5.32 Å². The lowest BCUT2D eigenvalue weighted by atomic mass is 9.77. The largest absolute Gasteiger partial charge is 0.462 e. The Hall–Kier alpha value is -2.76. The van der Waals surface area contributed by atoms with Gasteiger partial charge in [0, 0.05) is 171 Å². The quantitative estimate of drug-likeness (QED) is 0.0903. The molecule has 0 radical (unpaired) electrons. The van der Waals surface area contributed by atoms with Crippen LogP contribution >= 0.6 is 0 Å². The zero-order valence-electron chi connectivity index (χ0n) is 76.6. The molecule has 10 aliphatic rings. The van der Waals surface area contributed by atoms with Gasteiger partial charge in [0.05, 0.1) is 32.5 Å². The summed E-state index contributed by atoms with van der Waals surface area (Å²) >= 11 is 0. The number of hydrogen-bond donors (Lipinski definition) is 10. The van der Waals surface area contributed by atoms with Crippen LogP contribution in [0.3, 0.4) is 0 Å². The second-order valence-corrected chi connectivity index (χ2v) is 45.3. The number of nitrogens with one attached hydrogen (secondary N) is 1. The fourth-order valence-corrected chi connectivity index (χ4v) is 20.3. The minimum atomic E-state index is -0.615. The lowest BCUT2D eigenvalue weighted by molar-refractivity contribution is -0.370. The standard InChI is InChI=1S/C21H38N2O6.C14H27NO3.C11H22N2O2.C11H21NO3.C9H19NO2.C9H17NO2.C9H19NO/c1-18(2)10-14(11-19(3,4)22(18)26)28-16(24)9-17(25)29-15-12-20(5,6)23(27)21(7,8)13-15;1-11(2)9-17-14(18-10-11)7-12(3,4)15(16)13(5,6)8-14;1-8(14)12-9-6-10(2,3)13(15)11(4,5)7-9;1-9(2)7-11(14-5-6-15-11)8-10(3,4)12(9)13;2*1-8(2)5-7(11)6-9(3,4)10(8)12;1-8(2)6-5-7-9(3,4)10(8)11/h14-15,26-27H,9-13H2,1-8H3;16H,7-10H2,1-6H3;9,15H,6-7H2,1-5H3,(H,12,14);13H,5-8H2,1-4H3;7,11-12H,5-6H2,1-4H3;12H,5-6H2,1-4H3;11H,5-7H2,1-4H3. The summed E-state index contributed by atoms with van der Waals surface area (Å²) in [6.07, 6.45) is 10.3. The molecule has 10 aliphatic heterocycles. The van der Waals surface area contributed by atoms with Crippen LogP contribution in [0.5, 0.6) is 0 Å². The summed E-state index contributed by atoms with van der Waals surface area (Å²) in [5.41, 5.74) is -5.54. The number of nitrogens with zero attached hydrogens (tertiary/aromatic N) is 8. The summed E-state index contributed by atoms with van der Waals surface area (Å²) in [6, 6.07) is 0.149. The number of aliphatic hydroxyl groups is 1. The average molecular weight is 1600 g/mol. The molecule has 0 saturated carbocycles. The van der Waals surface area contributed by atoms with E-state index in [0.717, 1.165) is 25.7 Å². The van der Waals surface area contributed by atoms with Crippen molar-refractivity contribution < 1.29 is 94.4 Å². The molecule has 0 unspecified atom stereocenters. The molecule has 2 spiro atoms. The molecule has 28 heteroatoms. The molecule has 658 valence electrons. The molecule has 0 atom stereocenters. The highest BCUT2D eigenvalue weighted by atomic mass is 16.7. The van der Waals surface area contributed by atoms with Crippen LogP contribution in [-0.4, -0.2) is 262 Å². The van der Waals surface area contributed by atoms with Crippen molar-refractivity contribution >= 4 is 23.6 Å². The summed E-state index contributed by atoms with van der Waals surface area (Å²) in [7, 11) is 0. The average Bonchev–Trinajstić information content (AvgIpc) is 1.39. The Kier molecular flexibility index (Phi) is 31.9. The first-order valence-corrected chi connectivity index (χ1v) is 41.1. The monoisotopic (exact) mass is 1600 g/mol. The van der Waals surface area contributed by atoms with Gasteiger partial charge in [-0.25, -0.2) is 0 Å². The molecule has 1 amide bonds. The molecule has 28 nitrogen and oxygen atoms in total. The zero-order chi connectivity index (χ0) is 87.2. The van der Waals surface area contributed by atoms with Crippen molar-refractivity contribution in [2.24, 2.45) is 5.41 Å². The lowest BCUT2D eigenvalue weighted by Crippen LogP contribution is -2.67. The zero-order valence-corrected chi connectivity index (χ0v) is 76.6. The van der Waals surface area contributed by atoms with E-state index in [4.69, 9.17) is 28.4 Å². The third kappa shape index (κ3) is 26.4. The van der Waals surface area contributed by atoms with Gasteiger partial charge in [-0.2, -0.15) is 40.5 Å². The third-order valence-electron chi connectivity index (χ3n) is 24.2. The molecule has 10 fully saturated rings. The fraction of sp³-hybridized carbons (Fsp3) is 0.952. The van der Waals surface area contributed by atoms with E-state index in [0.29, 0.717) is 103 Å². The Morgan fingerprint density at radius 1 is 0.357 bits per heavy atom. The van der Waals surface area contributed by atoms with Crippen LogP contribution in [0.1, 0.15) is 358 Å². The maximum absolute atomic E-state index is 12.3. The van der Waals surface area contributed by atoms with Crippen molar-refractivity contribution in [3.63, 3.8) is 0 Å². The maximum Gasteiger partial charge on any atom is 0.317 e. The molecule has 0 aromatic heterocycles. The molecule has 10 N–H and O–H groups in total. The predicted molar refractivity (Wildman–Crippen MR) is 429 cm³/mol. The van der Waals surface area contributed by atoms with Crippen LogP contribution in [0.15, 0.2) is 0 Å². The molecule has 10 rings (SSSR count). The summed E-state index contributed by atoms with van der Waals surface area (Å²) in [5.74, 6) is -2.02. The number of aliphatic hydroxyl groups excluding tert-OH is 1. The van der Waals surface area contributed by atoms with Gasteiger partial charge in [-0.05, 0) is 267 Å². The number of carbonyl (C=O) groups is 4. The summed E-state index contributed by atoms with van der Waals surface area (Å²) < 4.78 is 34.7. The van der Waals surface area contributed by atoms with E-state index in [1.165, 1.54) is 53.9 Å². The Labute approximate surface area is 675 Å². The van der Waals surface area contributed by atoms with Gasteiger partial charge in [-0.3, -0.25) is 19.2 Å². The minimum absolute atomic E-state index is 0.00186. The molecular weight excluding hydrogens is 1440 g/mol. The summed E-state index contributed by atoms with van der Waals surface area (Å²) in [5, 5.41) is 104. The van der Waals surface area contributed by atoms with Crippen molar-refractivity contribution in [1.82, 2.24) is 45.8 Å². The van der Waals surface area contributed by atoms with E-state index in [9.17, 15) is 65.9 Å². The van der Waals surface area contributed by atoms with Gasteiger partial charge in [0.15, 0.2) is 11.6 Å². The van der Waals surface area contributed by atoms with E-state index in [-0.39, 0.29) is 96.8 Å². The summed E-state index contributed by atoms with van der Waals surface area (Å²) in [4.78, 5) is 47.0. The van der Waals surface area contributed by atoms with E-state index < -0.39 is 63.2 Å². The van der Waals surface area contributed by atoms with Crippen LogP contribution in [0.25, 0.3) is 0 Å². The molecular formula is C84H163N9O19. The SMILES string of the molecule is CC(=O)NC1CC(C)(C)N(O)C(C)(C)C1.CC1(C)CC(=O)CC(C)(C)N1O.CC1(C)CC(O)CC(C)(C)N1O.CC1(C)CC(OC(=O)CC(=O)OC2CC(C)(C)N(O)C(C)(C)C2)CC(C)(C)N1O.CC1(C)CC2(CC(C)(C)N1O)OCCO2.CC1(C)CCCC(C)(C)N1O.CC1(C)COC2(CC(C)(C)N(O)C(C)(C)C2)OC1. The van der Waals surface area contributed by atoms with Gasteiger partial charge < -0.3 is 80.5 Å². The third-order valence-corrected chi connectivity index (χ3v) is 24.2. The number of hydrogen-bond acceptors (Lipinski definition) is 27. The van der Waals surface area contributed by atoms with Gasteiger partial charge in [0.25, 0.3) is 0 Å². The van der Waals surface area contributed by atoms with Crippen LogP contribution in [0.4, 0.5) is 0 Å². The topological polar surface area (TPSA) is 344 Å². The van der Waals surface area contributed by atoms with Gasteiger partial charge in [0.1, 0.15) is 24.4 Å². The van der Waals surface area contributed by atoms with Gasteiger partial charge in [-0.15, -0.1) is 0 Å². The highest BCUT2D eigenvalue weighted by molar-refractivity contribution is 5.91. The Morgan fingerprint density at radius 3 is 0.875 bits per heavy atom. The second-order valence-electron chi connectivity index (χ2n) is 45.3. The second kappa shape index (κ2) is 35.1. The number of amides is 1. The Morgan fingerprint density at radius 2 is 0.598 bits per heavy atom. The molecule has 0 bridgehead atoms. The van der Waals surface area contributed by atoms with Gasteiger partial charge >= 0.3 is 11.9 Å². The van der Waals surface area contributed by atoms with Crippen molar-refractivity contribution in [3.8, 4) is 0 Å². The first-order chi connectivity index (χ1) is 49.7. The summed E-state index contributed by atoms with van der Waals surface area (Å²) in [6.45, 7) is 71.5.